The summed E-state index contributed by atoms with van der Waals surface area (Å²) >= 11 is 0. The van der Waals surface area contributed by atoms with Gasteiger partial charge in [0.1, 0.15) is 0 Å². The largest absolute Gasteiger partial charge is 0.294 e. The van der Waals surface area contributed by atoms with Crippen molar-refractivity contribution in [2.75, 3.05) is 0 Å². The lowest BCUT2D eigenvalue weighted by molar-refractivity contribution is 0.101. The van der Waals surface area contributed by atoms with Crippen LogP contribution in [0.2, 0.25) is 0 Å². The lowest BCUT2D eigenvalue weighted by atomic mass is 9.88. The van der Waals surface area contributed by atoms with E-state index in [1.165, 1.54) is 49.2 Å². The second-order valence-corrected chi connectivity index (χ2v) is 6.94. The Balaban J connectivity index is 2.01. The molecule has 0 aromatic heterocycles. The quantitative estimate of drug-likeness (QED) is 0.252. The highest BCUT2D eigenvalue weighted by Crippen LogP contribution is 2.52. The molecule has 0 saturated heterocycles. The van der Waals surface area contributed by atoms with Crippen LogP contribution >= 0.6 is 0 Å². The highest BCUT2D eigenvalue weighted by Gasteiger charge is 2.26. The van der Waals surface area contributed by atoms with E-state index in [-0.39, 0.29) is 5.78 Å². The molecule has 0 radical (unpaired) electrons. The lowest BCUT2D eigenvalue weighted by Crippen LogP contribution is -1.96. The van der Waals surface area contributed by atoms with Crippen LogP contribution < -0.4 is 0 Å². The smallest absolute Gasteiger partial charge is 0.160 e. The summed E-state index contributed by atoms with van der Waals surface area (Å²) in [6, 6.07) is 23.6. The fourth-order valence-corrected chi connectivity index (χ4v) is 4.62. The normalized spacial score (nSPS) is 12.4. The summed E-state index contributed by atoms with van der Waals surface area (Å²) in [5.74, 6) is 0.125. The van der Waals surface area contributed by atoms with Crippen LogP contribution in [0.5, 0.6) is 0 Å². The Kier molecular flexibility index (Phi) is 2.24. The van der Waals surface area contributed by atoms with Gasteiger partial charge >= 0.3 is 0 Å². The van der Waals surface area contributed by atoms with E-state index < -0.39 is 0 Å². The number of Topliss-reactive ketones (excluding diaryl/α,β-unsaturated/α-hetero) is 1. The molecule has 0 amide bonds. The first-order valence-electron chi connectivity index (χ1n) is 8.59. The highest BCUT2D eigenvalue weighted by molar-refractivity contribution is 6.34. The van der Waals surface area contributed by atoms with Gasteiger partial charge in [-0.1, -0.05) is 54.6 Å². The van der Waals surface area contributed by atoms with Gasteiger partial charge in [-0.25, -0.2) is 0 Å². The van der Waals surface area contributed by atoms with E-state index in [4.69, 9.17) is 0 Å². The van der Waals surface area contributed by atoms with Crippen LogP contribution in [-0.2, 0) is 0 Å². The average molecular weight is 318 g/mol. The summed E-state index contributed by atoms with van der Waals surface area (Å²) in [6.07, 6.45) is 0. The molecule has 1 heteroatoms. The minimum Gasteiger partial charge on any atom is -0.294 e. The molecule has 0 saturated carbocycles. The molecular weight excluding hydrogens is 304 g/mol. The van der Waals surface area contributed by atoms with Crippen molar-refractivity contribution in [3.8, 4) is 22.3 Å². The van der Waals surface area contributed by atoms with Crippen molar-refractivity contribution >= 4 is 38.1 Å². The van der Waals surface area contributed by atoms with Crippen molar-refractivity contribution in [3.05, 3.63) is 72.3 Å². The third-order valence-corrected chi connectivity index (χ3v) is 5.63. The van der Waals surface area contributed by atoms with Crippen molar-refractivity contribution in [3.63, 3.8) is 0 Å². The SMILES string of the molecule is CC(=O)c1cc2c3c(cc4cccc5ccc1c3c54)-c1ccccc1-2. The molecule has 0 aliphatic heterocycles. The predicted octanol–water partition coefficient (Wildman–Crippen LogP) is 6.43. The van der Waals surface area contributed by atoms with Gasteiger partial charge in [0.15, 0.2) is 5.78 Å². The summed E-state index contributed by atoms with van der Waals surface area (Å²) in [6.45, 7) is 1.67. The zero-order valence-corrected chi connectivity index (χ0v) is 13.8. The fraction of sp³-hybridized carbons (Fsp3) is 0.0417. The van der Waals surface area contributed by atoms with E-state index in [0.717, 1.165) is 10.9 Å². The average Bonchev–Trinajstić information content (AvgIpc) is 2.96. The summed E-state index contributed by atoms with van der Waals surface area (Å²) in [5, 5.41) is 7.36. The van der Waals surface area contributed by atoms with Gasteiger partial charge in [0, 0.05) is 5.56 Å². The Labute approximate surface area is 144 Å². The maximum atomic E-state index is 12.4. The Hall–Kier alpha value is -3.19. The van der Waals surface area contributed by atoms with Gasteiger partial charge in [0.2, 0.25) is 0 Å². The number of hydrogen-bond acceptors (Lipinski definition) is 1. The van der Waals surface area contributed by atoms with Crippen LogP contribution in [0.15, 0.2) is 66.7 Å². The van der Waals surface area contributed by atoms with Crippen LogP contribution in [0.25, 0.3) is 54.6 Å². The highest BCUT2D eigenvalue weighted by atomic mass is 16.1. The first-order chi connectivity index (χ1) is 12.2. The minimum absolute atomic E-state index is 0.125. The number of carbonyl (C=O) groups excluding carboxylic acids is 1. The van der Waals surface area contributed by atoms with Crippen molar-refractivity contribution in [2.24, 2.45) is 0 Å². The first kappa shape index (κ1) is 13.1. The van der Waals surface area contributed by atoms with Crippen LogP contribution in [-0.4, -0.2) is 5.78 Å². The molecule has 6 rings (SSSR count). The molecule has 0 unspecified atom stereocenters. The Morgan fingerprint density at radius 1 is 0.640 bits per heavy atom. The van der Waals surface area contributed by atoms with Gasteiger partial charge in [0.05, 0.1) is 0 Å². The molecule has 1 aliphatic carbocycles. The second kappa shape index (κ2) is 4.25. The number of fused-ring (bicyclic) bond motifs is 3. The Morgan fingerprint density at radius 2 is 1.36 bits per heavy atom. The summed E-state index contributed by atoms with van der Waals surface area (Å²) in [5.41, 5.74) is 5.81. The third kappa shape index (κ3) is 1.47. The molecule has 1 nitrogen and oxygen atoms in total. The molecule has 0 fully saturated rings. The Bertz CT molecular complexity index is 1360. The van der Waals surface area contributed by atoms with E-state index in [0.29, 0.717) is 0 Å². The van der Waals surface area contributed by atoms with Crippen LogP contribution in [0.3, 0.4) is 0 Å². The maximum absolute atomic E-state index is 12.4. The van der Waals surface area contributed by atoms with E-state index in [9.17, 15) is 4.79 Å². The van der Waals surface area contributed by atoms with Gasteiger partial charge in [-0.15, -0.1) is 0 Å². The molecule has 0 spiro atoms. The standard InChI is InChI=1S/C24H14O/c1-13(25)19-12-21-17-8-3-2-7-16(17)20-11-15-6-4-5-14-9-10-18(19)24(22(14)15)23(20)21/h2-12H,1H3. The minimum atomic E-state index is 0.125. The van der Waals surface area contributed by atoms with Crippen LogP contribution in [0.1, 0.15) is 17.3 Å². The molecule has 0 atom stereocenters. The summed E-state index contributed by atoms with van der Waals surface area (Å²) in [7, 11) is 0. The van der Waals surface area contributed by atoms with Crippen molar-refractivity contribution in [1.82, 2.24) is 0 Å². The number of ketones is 1. The number of carbonyl (C=O) groups is 1. The summed E-state index contributed by atoms with van der Waals surface area (Å²) < 4.78 is 0. The van der Waals surface area contributed by atoms with Crippen molar-refractivity contribution in [2.45, 2.75) is 6.92 Å². The molecule has 5 aromatic carbocycles. The molecule has 0 heterocycles. The van der Waals surface area contributed by atoms with Crippen molar-refractivity contribution in [1.29, 1.82) is 0 Å². The number of rotatable bonds is 1. The monoisotopic (exact) mass is 318 g/mol. The molecule has 0 N–H and O–H groups in total. The third-order valence-electron chi connectivity index (χ3n) is 5.63. The molecule has 5 aromatic rings. The van der Waals surface area contributed by atoms with Crippen LogP contribution in [0, 0.1) is 0 Å². The number of hydrogen-bond donors (Lipinski definition) is 0. The molecule has 25 heavy (non-hydrogen) atoms. The predicted molar refractivity (Wildman–Crippen MR) is 105 cm³/mol. The fourth-order valence-electron chi connectivity index (χ4n) is 4.62. The molecule has 0 bridgehead atoms. The lowest BCUT2D eigenvalue weighted by Gasteiger charge is -2.15. The van der Waals surface area contributed by atoms with Gasteiger partial charge in [0.25, 0.3) is 0 Å². The molecule has 116 valence electrons. The summed E-state index contributed by atoms with van der Waals surface area (Å²) in [4.78, 5) is 12.4. The van der Waals surface area contributed by atoms with Crippen molar-refractivity contribution < 1.29 is 4.79 Å². The first-order valence-corrected chi connectivity index (χ1v) is 8.59. The maximum Gasteiger partial charge on any atom is 0.160 e. The number of benzene rings is 5. The van der Waals surface area contributed by atoms with Gasteiger partial charge in [-0.05, 0) is 73.6 Å². The van der Waals surface area contributed by atoms with E-state index in [1.54, 1.807) is 6.92 Å². The zero-order chi connectivity index (χ0) is 16.7. The van der Waals surface area contributed by atoms with Gasteiger partial charge < -0.3 is 0 Å². The second-order valence-electron chi connectivity index (χ2n) is 6.94. The zero-order valence-electron chi connectivity index (χ0n) is 13.8. The van der Waals surface area contributed by atoms with Gasteiger partial charge in [-0.3, -0.25) is 4.79 Å². The van der Waals surface area contributed by atoms with E-state index in [1.807, 2.05) is 0 Å². The van der Waals surface area contributed by atoms with E-state index in [2.05, 4.69) is 66.7 Å². The van der Waals surface area contributed by atoms with Gasteiger partial charge in [-0.2, -0.15) is 0 Å². The topological polar surface area (TPSA) is 17.1 Å². The molecular formula is C24H14O. The van der Waals surface area contributed by atoms with Crippen LogP contribution in [0.4, 0.5) is 0 Å². The van der Waals surface area contributed by atoms with E-state index >= 15 is 0 Å². The Morgan fingerprint density at radius 3 is 2.12 bits per heavy atom. The molecule has 1 aliphatic rings.